The predicted octanol–water partition coefficient (Wildman–Crippen LogP) is 2.45. The zero-order chi connectivity index (χ0) is 18.9. The topological polar surface area (TPSA) is 114 Å². The van der Waals surface area contributed by atoms with Crippen LogP contribution in [-0.2, 0) is 0 Å². The third-order valence-corrected chi connectivity index (χ3v) is 4.30. The summed E-state index contributed by atoms with van der Waals surface area (Å²) in [5.41, 5.74) is 3.17. The van der Waals surface area contributed by atoms with Gasteiger partial charge in [0, 0.05) is 22.9 Å². The van der Waals surface area contributed by atoms with Crippen molar-refractivity contribution >= 4 is 29.6 Å². The Morgan fingerprint density at radius 1 is 1.35 bits per heavy atom. The van der Waals surface area contributed by atoms with Crippen molar-refractivity contribution in [3.63, 3.8) is 0 Å². The number of nitro groups is 1. The van der Waals surface area contributed by atoms with E-state index in [1.807, 2.05) is 0 Å². The molecule has 0 fully saturated rings. The second-order valence-corrected chi connectivity index (χ2v) is 6.12. The summed E-state index contributed by atoms with van der Waals surface area (Å²) in [6.07, 6.45) is 1.33. The fourth-order valence-electron chi connectivity index (χ4n) is 2.01. The Labute approximate surface area is 154 Å². The molecule has 2 rings (SSSR count). The summed E-state index contributed by atoms with van der Waals surface area (Å²) < 4.78 is 5.02. The lowest BCUT2D eigenvalue weighted by molar-refractivity contribution is -0.387. The van der Waals surface area contributed by atoms with Gasteiger partial charge >= 0.3 is 0 Å². The summed E-state index contributed by atoms with van der Waals surface area (Å²) >= 11 is 1.20. The van der Waals surface area contributed by atoms with Crippen LogP contribution in [0.5, 0.6) is 5.75 Å². The number of hydrazone groups is 1. The minimum absolute atomic E-state index is 0.0670. The monoisotopic (exact) mass is 375 g/mol. The number of aliphatic hydroxyl groups is 1. The maximum atomic E-state index is 12.0. The van der Waals surface area contributed by atoms with Gasteiger partial charge in [0.15, 0.2) is 0 Å². The van der Waals surface area contributed by atoms with Crippen molar-refractivity contribution in [3.05, 3.63) is 63.7 Å². The SMILES string of the molecule is COc1ccc(C(=O)NN=Cc2ccc(SCCO)c([N+](=O)[O-])c2)cc1. The quantitative estimate of drug-likeness (QED) is 0.317. The van der Waals surface area contributed by atoms with Crippen molar-refractivity contribution in [3.8, 4) is 5.75 Å². The van der Waals surface area contributed by atoms with Gasteiger partial charge < -0.3 is 9.84 Å². The van der Waals surface area contributed by atoms with E-state index in [9.17, 15) is 14.9 Å². The first-order valence-corrected chi connectivity index (χ1v) is 8.53. The lowest BCUT2D eigenvalue weighted by atomic mass is 10.2. The summed E-state index contributed by atoms with van der Waals surface area (Å²) in [4.78, 5) is 23.1. The second kappa shape index (κ2) is 9.54. The molecule has 0 aliphatic carbocycles. The lowest BCUT2D eigenvalue weighted by Gasteiger charge is -2.03. The van der Waals surface area contributed by atoms with Crippen LogP contribution in [-0.4, -0.2) is 41.6 Å². The fourth-order valence-corrected chi connectivity index (χ4v) is 2.76. The van der Waals surface area contributed by atoms with Crippen molar-refractivity contribution in [2.75, 3.05) is 19.5 Å². The Hall–Kier alpha value is -2.91. The molecular formula is C17H17N3O5S. The van der Waals surface area contributed by atoms with Gasteiger partial charge in [0.05, 0.1) is 29.8 Å². The van der Waals surface area contributed by atoms with Gasteiger partial charge in [-0.15, -0.1) is 11.8 Å². The number of nitrogens with zero attached hydrogens (tertiary/aromatic N) is 2. The molecule has 2 N–H and O–H groups in total. The number of rotatable bonds is 8. The Bertz CT molecular complexity index is 809. The van der Waals surface area contributed by atoms with E-state index in [0.717, 1.165) is 0 Å². The third-order valence-electron chi connectivity index (χ3n) is 3.26. The van der Waals surface area contributed by atoms with Crippen LogP contribution in [0, 0.1) is 10.1 Å². The Balaban J connectivity index is 2.05. The van der Waals surface area contributed by atoms with Gasteiger partial charge in [0.2, 0.25) is 0 Å². The summed E-state index contributed by atoms with van der Waals surface area (Å²) in [5, 5.41) is 23.8. The number of nitrogens with one attached hydrogen (secondary N) is 1. The van der Waals surface area contributed by atoms with Gasteiger partial charge in [0.1, 0.15) is 5.75 Å². The van der Waals surface area contributed by atoms with E-state index in [1.165, 1.54) is 31.2 Å². The normalized spacial score (nSPS) is 10.7. The summed E-state index contributed by atoms with van der Waals surface area (Å²) in [7, 11) is 1.53. The van der Waals surface area contributed by atoms with Crippen LogP contribution in [0.4, 0.5) is 5.69 Å². The number of hydrogen-bond acceptors (Lipinski definition) is 7. The molecule has 2 aromatic carbocycles. The van der Waals surface area contributed by atoms with Gasteiger partial charge in [-0.05, 0) is 30.3 Å². The number of aliphatic hydroxyl groups excluding tert-OH is 1. The predicted molar refractivity (Wildman–Crippen MR) is 99.0 cm³/mol. The van der Waals surface area contributed by atoms with Gasteiger partial charge in [0.25, 0.3) is 11.6 Å². The molecule has 0 radical (unpaired) electrons. The Morgan fingerprint density at radius 3 is 2.69 bits per heavy atom. The van der Waals surface area contributed by atoms with Gasteiger partial charge in [-0.25, -0.2) is 5.43 Å². The number of thioether (sulfide) groups is 1. The van der Waals surface area contributed by atoms with Crippen LogP contribution in [0.25, 0.3) is 0 Å². The number of carbonyl (C=O) groups is 1. The van der Waals surface area contributed by atoms with Crippen LogP contribution < -0.4 is 10.2 Å². The van der Waals surface area contributed by atoms with Gasteiger partial charge in [-0.3, -0.25) is 14.9 Å². The molecule has 0 saturated carbocycles. The zero-order valence-corrected chi connectivity index (χ0v) is 14.7. The zero-order valence-electron chi connectivity index (χ0n) is 13.9. The lowest BCUT2D eigenvalue weighted by Crippen LogP contribution is -2.17. The van der Waals surface area contributed by atoms with E-state index in [1.54, 1.807) is 36.4 Å². The molecule has 0 aliphatic heterocycles. The molecule has 0 aromatic heterocycles. The average Bonchev–Trinajstić information content (AvgIpc) is 2.66. The summed E-state index contributed by atoms with van der Waals surface area (Å²) in [6, 6.07) is 11.1. The molecule has 9 heteroatoms. The van der Waals surface area contributed by atoms with E-state index in [2.05, 4.69) is 10.5 Å². The summed E-state index contributed by atoms with van der Waals surface area (Å²) in [6.45, 7) is -0.0670. The molecule has 0 heterocycles. The number of amides is 1. The molecule has 0 aliphatic rings. The highest BCUT2D eigenvalue weighted by Crippen LogP contribution is 2.29. The highest BCUT2D eigenvalue weighted by atomic mass is 32.2. The van der Waals surface area contributed by atoms with E-state index in [4.69, 9.17) is 9.84 Å². The number of carbonyl (C=O) groups excluding carboxylic acids is 1. The molecule has 0 bridgehead atoms. The summed E-state index contributed by atoms with van der Waals surface area (Å²) in [5.74, 6) is 0.594. The number of benzene rings is 2. The van der Waals surface area contributed by atoms with Gasteiger partial charge in [-0.2, -0.15) is 5.10 Å². The molecule has 136 valence electrons. The Morgan fingerprint density at radius 2 is 2.08 bits per heavy atom. The van der Waals surface area contributed by atoms with E-state index < -0.39 is 10.8 Å². The standard InChI is InChI=1S/C17H17N3O5S/c1-25-14-5-3-13(4-6-14)17(22)19-18-11-12-2-7-16(26-9-8-21)15(10-12)20(23)24/h2-7,10-11,21H,8-9H2,1H3,(H,19,22). The van der Waals surface area contributed by atoms with Crippen LogP contribution in [0.2, 0.25) is 0 Å². The maximum absolute atomic E-state index is 12.0. The van der Waals surface area contributed by atoms with Crippen molar-refractivity contribution in [2.24, 2.45) is 5.10 Å². The highest BCUT2D eigenvalue weighted by Gasteiger charge is 2.14. The van der Waals surface area contributed by atoms with E-state index in [0.29, 0.717) is 27.5 Å². The number of ether oxygens (including phenoxy) is 1. The van der Waals surface area contributed by atoms with E-state index in [-0.39, 0.29) is 12.3 Å². The minimum Gasteiger partial charge on any atom is -0.497 e. The van der Waals surface area contributed by atoms with Crippen LogP contribution in [0.3, 0.4) is 0 Å². The smallest absolute Gasteiger partial charge is 0.283 e. The second-order valence-electron chi connectivity index (χ2n) is 4.98. The number of methoxy groups -OCH3 is 1. The molecule has 0 unspecified atom stereocenters. The largest absolute Gasteiger partial charge is 0.497 e. The molecular weight excluding hydrogens is 358 g/mol. The number of hydrogen-bond donors (Lipinski definition) is 2. The fraction of sp³-hybridized carbons (Fsp3) is 0.176. The first-order valence-electron chi connectivity index (χ1n) is 7.54. The van der Waals surface area contributed by atoms with Crippen molar-refractivity contribution < 1.29 is 19.6 Å². The van der Waals surface area contributed by atoms with Crippen molar-refractivity contribution in [1.82, 2.24) is 5.43 Å². The van der Waals surface area contributed by atoms with E-state index >= 15 is 0 Å². The van der Waals surface area contributed by atoms with Crippen LogP contribution in [0.1, 0.15) is 15.9 Å². The van der Waals surface area contributed by atoms with Gasteiger partial charge in [-0.1, -0.05) is 6.07 Å². The van der Waals surface area contributed by atoms with Crippen molar-refractivity contribution in [2.45, 2.75) is 4.90 Å². The highest BCUT2D eigenvalue weighted by molar-refractivity contribution is 7.99. The average molecular weight is 375 g/mol. The molecule has 2 aromatic rings. The molecule has 1 amide bonds. The molecule has 0 atom stereocenters. The number of nitro benzene ring substituents is 1. The molecule has 8 nitrogen and oxygen atoms in total. The van der Waals surface area contributed by atoms with Crippen molar-refractivity contribution in [1.29, 1.82) is 0 Å². The van der Waals surface area contributed by atoms with Crippen LogP contribution >= 0.6 is 11.8 Å². The third kappa shape index (κ3) is 5.30. The minimum atomic E-state index is -0.493. The van der Waals surface area contributed by atoms with Crippen LogP contribution in [0.15, 0.2) is 52.5 Å². The first-order chi connectivity index (χ1) is 12.5. The molecule has 0 spiro atoms. The molecule has 26 heavy (non-hydrogen) atoms. The maximum Gasteiger partial charge on any atom is 0.283 e. The Kier molecular flexibility index (Phi) is 7.12. The first kappa shape index (κ1) is 19.4. The molecule has 0 saturated heterocycles.